The average Bonchev–Trinajstić information content (AvgIpc) is 2.45. The molecular formula is C14H20ClN3O3. The molecule has 2 rings (SSSR count). The molecule has 1 amide bonds. The maximum absolute atomic E-state index is 12.1. The summed E-state index contributed by atoms with van der Waals surface area (Å²) in [5, 5.41) is 17.0. The quantitative estimate of drug-likeness (QED) is 0.659. The third-order valence-electron chi connectivity index (χ3n) is 3.71. The number of amides is 1. The zero-order chi connectivity index (χ0) is 14.6. The Morgan fingerprint density at radius 3 is 2.81 bits per heavy atom. The van der Waals surface area contributed by atoms with E-state index in [1.165, 1.54) is 12.1 Å². The second-order valence-corrected chi connectivity index (χ2v) is 5.55. The first-order valence-electron chi connectivity index (χ1n) is 6.74. The normalized spacial score (nSPS) is 21.2. The van der Waals surface area contributed by atoms with E-state index >= 15 is 0 Å². The Hall–Kier alpha value is -1.66. The molecule has 1 fully saturated rings. The van der Waals surface area contributed by atoms with Crippen LogP contribution in [0.4, 0.5) is 5.69 Å². The number of hydrogen-bond donors (Lipinski definition) is 2. The number of nitro benzene ring substituents is 1. The lowest BCUT2D eigenvalue weighted by Crippen LogP contribution is -2.45. The molecule has 1 saturated heterocycles. The van der Waals surface area contributed by atoms with E-state index in [4.69, 9.17) is 0 Å². The van der Waals surface area contributed by atoms with Gasteiger partial charge in [-0.1, -0.05) is 19.1 Å². The predicted octanol–water partition coefficient (Wildman–Crippen LogP) is 2.14. The standard InChI is InChI=1S/C14H19N3O3.ClH/c1-14(7-4-8-15-9-14)10-16-13(18)11-5-2-3-6-12(11)17(19)20;/h2-3,5-6,15H,4,7-10H2,1H3,(H,16,18);1H. The van der Waals surface area contributed by atoms with Gasteiger partial charge in [-0.15, -0.1) is 12.4 Å². The second-order valence-electron chi connectivity index (χ2n) is 5.55. The van der Waals surface area contributed by atoms with Gasteiger partial charge < -0.3 is 10.6 Å². The summed E-state index contributed by atoms with van der Waals surface area (Å²) in [7, 11) is 0. The summed E-state index contributed by atoms with van der Waals surface area (Å²) in [6.07, 6.45) is 2.12. The predicted molar refractivity (Wildman–Crippen MR) is 82.9 cm³/mol. The molecule has 7 heteroatoms. The van der Waals surface area contributed by atoms with Gasteiger partial charge in [0.15, 0.2) is 0 Å². The van der Waals surface area contributed by atoms with E-state index in [0.717, 1.165) is 25.9 Å². The molecule has 0 bridgehead atoms. The Morgan fingerprint density at radius 1 is 1.48 bits per heavy atom. The molecule has 0 aliphatic carbocycles. The first-order chi connectivity index (χ1) is 9.52. The van der Waals surface area contributed by atoms with Crippen LogP contribution in [0.2, 0.25) is 0 Å². The molecule has 1 aromatic carbocycles. The van der Waals surface area contributed by atoms with Crippen LogP contribution in [0.15, 0.2) is 24.3 Å². The summed E-state index contributed by atoms with van der Waals surface area (Å²) in [6.45, 7) is 4.49. The molecule has 1 aromatic rings. The number of carbonyl (C=O) groups excluding carboxylic acids is 1. The van der Waals surface area contributed by atoms with Crippen molar-refractivity contribution in [2.24, 2.45) is 5.41 Å². The van der Waals surface area contributed by atoms with Crippen molar-refractivity contribution < 1.29 is 9.72 Å². The van der Waals surface area contributed by atoms with Gasteiger partial charge in [0.1, 0.15) is 5.56 Å². The number of benzene rings is 1. The number of carbonyl (C=O) groups is 1. The first-order valence-corrected chi connectivity index (χ1v) is 6.74. The first kappa shape index (κ1) is 17.4. The third kappa shape index (κ3) is 4.41. The van der Waals surface area contributed by atoms with Crippen molar-refractivity contribution in [2.45, 2.75) is 19.8 Å². The highest BCUT2D eigenvalue weighted by Crippen LogP contribution is 2.24. The monoisotopic (exact) mass is 313 g/mol. The van der Waals surface area contributed by atoms with E-state index in [-0.39, 0.29) is 35.0 Å². The van der Waals surface area contributed by atoms with Gasteiger partial charge in [-0.3, -0.25) is 14.9 Å². The van der Waals surface area contributed by atoms with Crippen molar-refractivity contribution in [1.29, 1.82) is 0 Å². The van der Waals surface area contributed by atoms with E-state index in [2.05, 4.69) is 17.6 Å². The highest BCUT2D eigenvalue weighted by molar-refractivity contribution is 5.98. The minimum Gasteiger partial charge on any atom is -0.351 e. The van der Waals surface area contributed by atoms with Gasteiger partial charge in [-0.25, -0.2) is 0 Å². The molecule has 0 spiro atoms. The fourth-order valence-electron chi connectivity index (χ4n) is 2.48. The molecule has 6 nitrogen and oxygen atoms in total. The minimum atomic E-state index is -0.529. The third-order valence-corrected chi connectivity index (χ3v) is 3.71. The van der Waals surface area contributed by atoms with Gasteiger partial charge in [0.2, 0.25) is 0 Å². The summed E-state index contributed by atoms with van der Waals surface area (Å²) < 4.78 is 0. The molecule has 1 aliphatic rings. The van der Waals surface area contributed by atoms with Gasteiger partial charge in [-0.2, -0.15) is 0 Å². The number of para-hydroxylation sites is 1. The maximum Gasteiger partial charge on any atom is 0.282 e. The summed E-state index contributed by atoms with van der Waals surface area (Å²) in [6, 6.07) is 6.01. The molecule has 1 atom stereocenters. The minimum absolute atomic E-state index is 0. The summed E-state index contributed by atoms with van der Waals surface area (Å²) in [5.41, 5.74) is -0.0286. The van der Waals surface area contributed by atoms with Gasteiger partial charge in [-0.05, 0) is 30.9 Å². The number of hydrogen-bond acceptors (Lipinski definition) is 4. The molecule has 1 unspecified atom stereocenters. The zero-order valence-electron chi connectivity index (χ0n) is 11.9. The molecule has 116 valence electrons. The zero-order valence-corrected chi connectivity index (χ0v) is 12.7. The van der Waals surface area contributed by atoms with Crippen LogP contribution in [0.5, 0.6) is 0 Å². The lowest BCUT2D eigenvalue weighted by atomic mass is 9.83. The number of nitro groups is 1. The van der Waals surface area contributed by atoms with Crippen molar-refractivity contribution in [2.75, 3.05) is 19.6 Å². The van der Waals surface area contributed by atoms with Crippen molar-refractivity contribution in [1.82, 2.24) is 10.6 Å². The molecule has 2 N–H and O–H groups in total. The molecule has 0 aromatic heterocycles. The average molecular weight is 314 g/mol. The lowest BCUT2D eigenvalue weighted by molar-refractivity contribution is -0.385. The second kappa shape index (κ2) is 7.38. The summed E-state index contributed by atoms with van der Waals surface area (Å²) in [5.74, 6) is -0.385. The van der Waals surface area contributed by atoms with Crippen LogP contribution in [-0.2, 0) is 0 Å². The Labute approximate surface area is 129 Å². The molecule has 1 heterocycles. The fourth-order valence-corrected chi connectivity index (χ4v) is 2.48. The van der Waals surface area contributed by atoms with Crippen LogP contribution >= 0.6 is 12.4 Å². The number of halogens is 1. The van der Waals surface area contributed by atoms with Crippen LogP contribution in [-0.4, -0.2) is 30.5 Å². The molecule has 0 saturated carbocycles. The smallest absolute Gasteiger partial charge is 0.282 e. The van der Waals surface area contributed by atoms with Gasteiger partial charge in [0.25, 0.3) is 11.6 Å². The molecule has 21 heavy (non-hydrogen) atoms. The largest absolute Gasteiger partial charge is 0.351 e. The van der Waals surface area contributed by atoms with Crippen LogP contribution in [0.25, 0.3) is 0 Å². The molecule has 0 radical (unpaired) electrons. The number of piperidine rings is 1. The summed E-state index contributed by atoms with van der Waals surface area (Å²) in [4.78, 5) is 22.5. The Balaban J connectivity index is 0.00000220. The van der Waals surface area contributed by atoms with Crippen molar-refractivity contribution >= 4 is 24.0 Å². The van der Waals surface area contributed by atoms with Crippen LogP contribution < -0.4 is 10.6 Å². The van der Waals surface area contributed by atoms with Crippen molar-refractivity contribution in [3.05, 3.63) is 39.9 Å². The van der Waals surface area contributed by atoms with Crippen molar-refractivity contribution in [3.8, 4) is 0 Å². The Bertz CT molecular complexity index is 516. The fraction of sp³-hybridized carbons (Fsp3) is 0.500. The van der Waals surface area contributed by atoms with Gasteiger partial charge in [0, 0.05) is 19.2 Å². The lowest BCUT2D eigenvalue weighted by Gasteiger charge is -2.34. The number of nitrogens with one attached hydrogen (secondary N) is 2. The van der Waals surface area contributed by atoms with E-state index in [0.29, 0.717) is 6.54 Å². The van der Waals surface area contributed by atoms with Crippen LogP contribution in [0.1, 0.15) is 30.1 Å². The SMILES string of the molecule is CC1(CNC(=O)c2ccccc2[N+](=O)[O-])CCCNC1.Cl. The highest BCUT2D eigenvalue weighted by atomic mass is 35.5. The van der Waals surface area contributed by atoms with Crippen molar-refractivity contribution in [3.63, 3.8) is 0 Å². The van der Waals surface area contributed by atoms with Crippen LogP contribution in [0.3, 0.4) is 0 Å². The molecule has 1 aliphatic heterocycles. The number of rotatable bonds is 4. The summed E-state index contributed by atoms with van der Waals surface area (Å²) >= 11 is 0. The Morgan fingerprint density at radius 2 is 2.19 bits per heavy atom. The van der Waals surface area contributed by atoms with Crippen LogP contribution in [0, 0.1) is 15.5 Å². The van der Waals surface area contributed by atoms with E-state index in [9.17, 15) is 14.9 Å². The van der Waals surface area contributed by atoms with Gasteiger partial charge >= 0.3 is 0 Å². The number of nitrogens with zero attached hydrogens (tertiary/aromatic N) is 1. The van der Waals surface area contributed by atoms with E-state index in [1.54, 1.807) is 12.1 Å². The molecular weight excluding hydrogens is 294 g/mol. The maximum atomic E-state index is 12.1. The van der Waals surface area contributed by atoms with E-state index in [1.807, 2.05) is 0 Å². The van der Waals surface area contributed by atoms with E-state index < -0.39 is 4.92 Å². The highest BCUT2D eigenvalue weighted by Gasteiger charge is 2.28. The van der Waals surface area contributed by atoms with Gasteiger partial charge in [0.05, 0.1) is 4.92 Å². The topological polar surface area (TPSA) is 84.3 Å². The Kier molecular flexibility index (Phi) is 6.11.